The lowest BCUT2D eigenvalue weighted by atomic mass is 10.1. The maximum Gasteiger partial charge on any atom is 0.329 e. The van der Waals surface area contributed by atoms with Crippen molar-refractivity contribution in [2.45, 2.75) is 32.8 Å². The molecular formula is C24H26N4O3. The Bertz CT molecular complexity index is 1030. The second-order valence-electron chi connectivity index (χ2n) is 7.37. The Morgan fingerprint density at radius 1 is 1.13 bits per heavy atom. The van der Waals surface area contributed by atoms with Gasteiger partial charge < -0.3 is 9.57 Å². The number of nitrogens with zero attached hydrogens (tertiary/aromatic N) is 3. The number of pyridine rings is 1. The van der Waals surface area contributed by atoms with Gasteiger partial charge in [0.15, 0.2) is 6.29 Å². The molecule has 1 aromatic heterocycles. The van der Waals surface area contributed by atoms with Gasteiger partial charge in [0.05, 0.1) is 12.8 Å². The number of hydrogen-bond acceptors (Lipinski definition) is 7. The SMILES string of the molecule is COc1ccccc1CN1Cc2ccccc2N(OC(C)=O)C1NCc1cccnc1. The second kappa shape index (κ2) is 9.59. The summed E-state index contributed by atoms with van der Waals surface area (Å²) < 4.78 is 5.56. The number of hydroxylamine groups is 1. The standard InChI is InChI=1S/C24H26N4O3/c1-18(29)31-28-22-11-5-3-9-20(22)16-27(17-21-10-4-6-12-23(21)30-2)24(28)26-15-19-8-7-13-25-14-19/h3-14,24,26H,15-17H2,1-2H3. The smallest absolute Gasteiger partial charge is 0.329 e. The molecule has 0 saturated heterocycles. The van der Waals surface area contributed by atoms with Crippen molar-refractivity contribution in [3.8, 4) is 5.75 Å². The zero-order valence-electron chi connectivity index (χ0n) is 17.7. The third kappa shape index (κ3) is 4.84. The van der Waals surface area contributed by atoms with Crippen LogP contribution in [0.1, 0.15) is 23.6 Å². The minimum atomic E-state index is -0.373. The summed E-state index contributed by atoms with van der Waals surface area (Å²) >= 11 is 0. The number of methoxy groups -OCH3 is 1. The first kappa shape index (κ1) is 20.8. The molecule has 0 amide bonds. The molecule has 0 aliphatic carbocycles. The molecule has 1 N–H and O–H groups in total. The fraction of sp³-hybridized carbons (Fsp3) is 0.250. The van der Waals surface area contributed by atoms with Gasteiger partial charge in [0, 0.05) is 44.5 Å². The lowest BCUT2D eigenvalue weighted by Crippen LogP contribution is -2.59. The van der Waals surface area contributed by atoms with Gasteiger partial charge in [-0.2, -0.15) is 5.06 Å². The van der Waals surface area contributed by atoms with Crippen LogP contribution in [0.2, 0.25) is 0 Å². The molecule has 1 aliphatic rings. The van der Waals surface area contributed by atoms with Gasteiger partial charge in [-0.15, -0.1) is 0 Å². The number of benzene rings is 2. The van der Waals surface area contributed by atoms with Crippen LogP contribution in [0, 0.1) is 0 Å². The zero-order valence-corrected chi connectivity index (χ0v) is 17.7. The topological polar surface area (TPSA) is 66.9 Å². The molecule has 1 aliphatic heterocycles. The molecule has 1 atom stereocenters. The number of aromatic nitrogens is 1. The van der Waals surface area contributed by atoms with E-state index in [1.54, 1.807) is 18.4 Å². The molecule has 4 rings (SSSR count). The molecule has 0 spiro atoms. The summed E-state index contributed by atoms with van der Waals surface area (Å²) in [6, 6.07) is 19.8. The highest BCUT2D eigenvalue weighted by atomic mass is 16.7. The highest BCUT2D eigenvalue weighted by Gasteiger charge is 2.35. The quantitative estimate of drug-likeness (QED) is 0.630. The first-order chi connectivity index (χ1) is 15.2. The highest BCUT2D eigenvalue weighted by molar-refractivity contribution is 5.68. The van der Waals surface area contributed by atoms with E-state index in [9.17, 15) is 4.79 Å². The summed E-state index contributed by atoms with van der Waals surface area (Å²) in [5.74, 6) is 0.452. The summed E-state index contributed by atoms with van der Waals surface area (Å²) in [5.41, 5.74) is 4.05. The molecular weight excluding hydrogens is 392 g/mol. The Labute approximate surface area is 182 Å². The summed E-state index contributed by atoms with van der Waals surface area (Å²) in [6.45, 7) is 3.29. The van der Waals surface area contributed by atoms with E-state index in [1.165, 1.54) is 6.92 Å². The molecule has 0 radical (unpaired) electrons. The van der Waals surface area contributed by atoms with Crippen LogP contribution in [0.25, 0.3) is 0 Å². The molecule has 3 aromatic rings. The number of fused-ring (bicyclic) bond motifs is 1. The van der Waals surface area contributed by atoms with Crippen LogP contribution >= 0.6 is 0 Å². The normalized spacial score (nSPS) is 15.9. The van der Waals surface area contributed by atoms with Crippen molar-refractivity contribution in [2.75, 3.05) is 12.2 Å². The van der Waals surface area contributed by atoms with Crippen LogP contribution in [0.3, 0.4) is 0 Å². The Morgan fingerprint density at radius 3 is 2.71 bits per heavy atom. The maximum absolute atomic E-state index is 12.0. The van der Waals surface area contributed by atoms with Gasteiger partial charge in [0.2, 0.25) is 0 Å². The molecule has 0 bridgehead atoms. The average Bonchev–Trinajstić information content (AvgIpc) is 2.79. The number of anilines is 1. The summed E-state index contributed by atoms with van der Waals surface area (Å²) in [7, 11) is 1.67. The van der Waals surface area contributed by atoms with Gasteiger partial charge in [-0.3, -0.25) is 20.0 Å². The van der Waals surface area contributed by atoms with Crippen LogP contribution in [0.4, 0.5) is 5.69 Å². The number of carbonyl (C=O) groups excluding carboxylic acids is 1. The minimum Gasteiger partial charge on any atom is -0.496 e. The highest BCUT2D eigenvalue weighted by Crippen LogP contribution is 2.32. The van der Waals surface area contributed by atoms with E-state index in [-0.39, 0.29) is 12.3 Å². The van der Waals surface area contributed by atoms with E-state index in [1.807, 2.05) is 60.8 Å². The first-order valence-corrected chi connectivity index (χ1v) is 10.2. The number of nitrogens with one attached hydrogen (secondary N) is 1. The van der Waals surface area contributed by atoms with Gasteiger partial charge in [0.1, 0.15) is 5.75 Å². The molecule has 160 valence electrons. The van der Waals surface area contributed by atoms with Crippen molar-refractivity contribution in [3.63, 3.8) is 0 Å². The van der Waals surface area contributed by atoms with E-state index in [4.69, 9.17) is 9.57 Å². The zero-order chi connectivity index (χ0) is 21.6. The number of rotatable bonds is 7. The van der Waals surface area contributed by atoms with Crippen molar-refractivity contribution in [1.29, 1.82) is 0 Å². The third-order valence-corrected chi connectivity index (χ3v) is 5.17. The molecule has 31 heavy (non-hydrogen) atoms. The predicted molar refractivity (Wildman–Crippen MR) is 118 cm³/mol. The Balaban J connectivity index is 1.68. The van der Waals surface area contributed by atoms with Crippen LogP contribution in [-0.2, 0) is 29.3 Å². The Hall–Kier alpha value is -3.42. The van der Waals surface area contributed by atoms with Crippen LogP contribution in [-0.4, -0.2) is 29.3 Å². The monoisotopic (exact) mass is 418 g/mol. The molecule has 2 aromatic carbocycles. The van der Waals surface area contributed by atoms with Crippen LogP contribution < -0.4 is 15.1 Å². The maximum atomic E-state index is 12.0. The summed E-state index contributed by atoms with van der Waals surface area (Å²) in [4.78, 5) is 24.1. The number of ether oxygens (including phenoxy) is 1. The van der Waals surface area contributed by atoms with Gasteiger partial charge in [-0.1, -0.05) is 42.5 Å². The van der Waals surface area contributed by atoms with E-state index in [2.05, 4.69) is 21.3 Å². The summed E-state index contributed by atoms with van der Waals surface area (Å²) in [6.07, 6.45) is 3.20. The molecule has 2 heterocycles. The molecule has 0 fully saturated rings. The largest absolute Gasteiger partial charge is 0.496 e. The Morgan fingerprint density at radius 2 is 1.94 bits per heavy atom. The predicted octanol–water partition coefficient (Wildman–Crippen LogP) is 3.46. The van der Waals surface area contributed by atoms with E-state index < -0.39 is 0 Å². The third-order valence-electron chi connectivity index (χ3n) is 5.17. The number of hydrogen-bond donors (Lipinski definition) is 1. The van der Waals surface area contributed by atoms with Crippen LogP contribution in [0.5, 0.6) is 5.75 Å². The van der Waals surface area contributed by atoms with Crippen molar-refractivity contribution >= 4 is 11.7 Å². The van der Waals surface area contributed by atoms with Crippen molar-refractivity contribution in [3.05, 3.63) is 89.7 Å². The number of carbonyl (C=O) groups is 1. The van der Waals surface area contributed by atoms with Gasteiger partial charge in [-0.25, -0.2) is 0 Å². The van der Waals surface area contributed by atoms with E-state index >= 15 is 0 Å². The van der Waals surface area contributed by atoms with Crippen molar-refractivity contribution in [1.82, 2.24) is 15.2 Å². The van der Waals surface area contributed by atoms with Crippen LogP contribution in [0.15, 0.2) is 73.1 Å². The Kier molecular flexibility index (Phi) is 6.45. The van der Waals surface area contributed by atoms with Gasteiger partial charge in [-0.05, 0) is 29.3 Å². The lowest BCUT2D eigenvalue weighted by Gasteiger charge is -2.44. The molecule has 0 saturated carbocycles. The minimum absolute atomic E-state index is 0.371. The second-order valence-corrected chi connectivity index (χ2v) is 7.37. The lowest BCUT2D eigenvalue weighted by molar-refractivity contribution is -0.146. The van der Waals surface area contributed by atoms with E-state index in [0.29, 0.717) is 19.6 Å². The van der Waals surface area contributed by atoms with Gasteiger partial charge >= 0.3 is 5.97 Å². The van der Waals surface area contributed by atoms with Crippen molar-refractivity contribution in [2.24, 2.45) is 0 Å². The fourth-order valence-electron chi connectivity index (χ4n) is 3.80. The molecule has 1 unspecified atom stereocenters. The first-order valence-electron chi connectivity index (χ1n) is 10.2. The average molecular weight is 418 g/mol. The molecule has 7 nitrogen and oxygen atoms in total. The summed E-state index contributed by atoms with van der Waals surface area (Å²) in [5, 5.41) is 5.20. The molecule has 7 heteroatoms. The van der Waals surface area contributed by atoms with Crippen molar-refractivity contribution < 1.29 is 14.4 Å². The van der Waals surface area contributed by atoms with E-state index in [0.717, 1.165) is 28.1 Å². The van der Waals surface area contributed by atoms with Gasteiger partial charge in [0.25, 0.3) is 0 Å². The fourth-order valence-corrected chi connectivity index (χ4v) is 3.80. The number of para-hydroxylation sites is 2.